The Balaban J connectivity index is 1.64. The lowest BCUT2D eigenvalue weighted by Gasteiger charge is -2.20. The third-order valence-electron chi connectivity index (χ3n) is 4.50. The van der Waals surface area contributed by atoms with Gasteiger partial charge in [0.2, 0.25) is 5.91 Å². The van der Waals surface area contributed by atoms with Gasteiger partial charge in [-0.15, -0.1) is 11.3 Å². The molecule has 0 saturated carbocycles. The van der Waals surface area contributed by atoms with E-state index in [1.807, 2.05) is 58.1 Å². The third kappa shape index (κ3) is 3.76. The van der Waals surface area contributed by atoms with E-state index in [2.05, 4.69) is 15.3 Å². The summed E-state index contributed by atoms with van der Waals surface area (Å²) >= 11 is 7.67. The molecule has 148 valence electrons. The van der Waals surface area contributed by atoms with Crippen molar-refractivity contribution in [2.75, 3.05) is 7.11 Å². The highest BCUT2D eigenvalue weighted by atomic mass is 35.5. The predicted octanol–water partition coefficient (Wildman–Crippen LogP) is 3.71. The Morgan fingerprint density at radius 3 is 2.93 bits per heavy atom. The van der Waals surface area contributed by atoms with Gasteiger partial charge in [0.15, 0.2) is 10.1 Å². The molecule has 9 heteroatoms. The molecular weight excluding hydrogens is 410 g/mol. The number of aryl methyl sites for hydroxylation is 1. The first-order chi connectivity index (χ1) is 14.1. The Morgan fingerprint density at radius 2 is 2.17 bits per heavy atom. The molecule has 1 unspecified atom stereocenters. The van der Waals surface area contributed by atoms with Crippen LogP contribution in [0, 0.1) is 0 Å². The fraction of sp³-hybridized carbons (Fsp3) is 0.150. The van der Waals surface area contributed by atoms with Crippen molar-refractivity contribution < 1.29 is 9.53 Å². The average molecular weight is 428 g/mol. The number of rotatable bonds is 6. The number of fused-ring (bicyclic) bond motifs is 1. The quantitative estimate of drug-likeness (QED) is 0.476. The summed E-state index contributed by atoms with van der Waals surface area (Å²) in [6, 6.07) is 7.06. The average Bonchev–Trinajstić information content (AvgIpc) is 3.41. The van der Waals surface area contributed by atoms with E-state index in [4.69, 9.17) is 16.3 Å². The molecule has 0 radical (unpaired) electrons. The van der Waals surface area contributed by atoms with Gasteiger partial charge in [-0.05, 0) is 12.1 Å². The number of halogens is 1. The van der Waals surface area contributed by atoms with Gasteiger partial charge >= 0.3 is 0 Å². The number of thiazole rings is 1. The number of carbonyl (C=O) groups is 1. The SMILES string of the molecule is COc1ccccc1C(NC(=O)/C=C/c1c(Cl)nc2sccn12)c1nccn1C. The Morgan fingerprint density at radius 1 is 1.34 bits per heavy atom. The first kappa shape index (κ1) is 19.2. The summed E-state index contributed by atoms with van der Waals surface area (Å²) in [5, 5.41) is 5.28. The second-order valence-corrected chi connectivity index (χ2v) is 7.49. The van der Waals surface area contributed by atoms with Crippen molar-refractivity contribution in [2.45, 2.75) is 6.04 Å². The summed E-state index contributed by atoms with van der Waals surface area (Å²) in [6.07, 6.45) is 8.49. The van der Waals surface area contributed by atoms with Crippen molar-refractivity contribution >= 4 is 39.9 Å². The van der Waals surface area contributed by atoms with E-state index in [1.54, 1.807) is 19.4 Å². The maximum absolute atomic E-state index is 12.8. The Kier molecular flexibility index (Phi) is 5.37. The molecule has 0 aliphatic heterocycles. The molecule has 0 bridgehead atoms. The summed E-state index contributed by atoms with van der Waals surface area (Å²) in [6.45, 7) is 0. The van der Waals surface area contributed by atoms with Crippen molar-refractivity contribution in [3.63, 3.8) is 0 Å². The van der Waals surface area contributed by atoms with Crippen LogP contribution < -0.4 is 10.1 Å². The van der Waals surface area contributed by atoms with Crippen LogP contribution in [0.2, 0.25) is 5.15 Å². The van der Waals surface area contributed by atoms with E-state index in [1.165, 1.54) is 17.4 Å². The minimum Gasteiger partial charge on any atom is -0.496 e. The van der Waals surface area contributed by atoms with E-state index >= 15 is 0 Å². The zero-order chi connectivity index (χ0) is 20.4. The zero-order valence-electron chi connectivity index (χ0n) is 15.7. The largest absolute Gasteiger partial charge is 0.496 e. The van der Waals surface area contributed by atoms with Crippen molar-refractivity contribution in [1.29, 1.82) is 0 Å². The van der Waals surface area contributed by atoms with Gasteiger partial charge in [-0.1, -0.05) is 29.8 Å². The normalized spacial score (nSPS) is 12.5. The second-order valence-electron chi connectivity index (χ2n) is 6.26. The van der Waals surface area contributed by atoms with Crippen LogP contribution in [0.5, 0.6) is 5.75 Å². The molecule has 0 fully saturated rings. The number of hydrogen-bond acceptors (Lipinski definition) is 5. The summed E-state index contributed by atoms with van der Waals surface area (Å²) in [5.41, 5.74) is 1.47. The first-order valence-electron chi connectivity index (χ1n) is 8.78. The van der Waals surface area contributed by atoms with Gasteiger partial charge in [0.25, 0.3) is 0 Å². The number of benzene rings is 1. The van der Waals surface area contributed by atoms with Crippen molar-refractivity contribution in [1.82, 2.24) is 24.3 Å². The number of imidazole rings is 2. The van der Waals surface area contributed by atoms with Gasteiger partial charge in [-0.2, -0.15) is 0 Å². The molecule has 0 aliphatic carbocycles. The van der Waals surface area contributed by atoms with Crippen LogP contribution in [0.1, 0.15) is 23.1 Å². The summed E-state index contributed by atoms with van der Waals surface area (Å²) in [7, 11) is 3.48. The van der Waals surface area contributed by atoms with Crippen molar-refractivity contribution in [3.05, 3.63) is 76.5 Å². The maximum Gasteiger partial charge on any atom is 0.244 e. The number of para-hydroxylation sites is 1. The molecule has 4 rings (SSSR count). The van der Waals surface area contributed by atoms with E-state index in [0.29, 0.717) is 22.4 Å². The van der Waals surface area contributed by atoms with Gasteiger partial charge < -0.3 is 14.6 Å². The van der Waals surface area contributed by atoms with Crippen LogP contribution in [0.15, 0.2) is 54.3 Å². The number of amides is 1. The Hall–Kier alpha value is -3.10. The highest BCUT2D eigenvalue weighted by molar-refractivity contribution is 7.15. The van der Waals surface area contributed by atoms with Crippen LogP contribution in [0.4, 0.5) is 0 Å². The van der Waals surface area contributed by atoms with Crippen LogP contribution in [0.3, 0.4) is 0 Å². The monoisotopic (exact) mass is 427 g/mol. The minimum absolute atomic E-state index is 0.287. The molecule has 1 N–H and O–H groups in total. The molecule has 0 aliphatic rings. The predicted molar refractivity (Wildman–Crippen MR) is 113 cm³/mol. The van der Waals surface area contributed by atoms with E-state index < -0.39 is 6.04 Å². The molecule has 4 aromatic rings. The summed E-state index contributed by atoms with van der Waals surface area (Å²) < 4.78 is 9.19. The lowest BCUT2D eigenvalue weighted by atomic mass is 10.0. The first-order valence-corrected chi connectivity index (χ1v) is 10.0. The van der Waals surface area contributed by atoms with Gasteiger partial charge in [0, 0.05) is 42.7 Å². The molecule has 0 spiro atoms. The van der Waals surface area contributed by atoms with Crippen LogP contribution >= 0.6 is 22.9 Å². The summed E-state index contributed by atoms with van der Waals surface area (Å²) in [5.74, 6) is 1.08. The number of methoxy groups -OCH3 is 1. The topological polar surface area (TPSA) is 73.4 Å². The molecule has 29 heavy (non-hydrogen) atoms. The third-order valence-corrected chi connectivity index (χ3v) is 5.53. The molecule has 1 amide bonds. The summed E-state index contributed by atoms with van der Waals surface area (Å²) in [4.78, 5) is 22.2. The Bertz CT molecular complexity index is 1190. The smallest absolute Gasteiger partial charge is 0.244 e. The maximum atomic E-state index is 12.8. The fourth-order valence-electron chi connectivity index (χ4n) is 3.11. The molecule has 3 aromatic heterocycles. The molecule has 7 nitrogen and oxygen atoms in total. The number of hydrogen-bond donors (Lipinski definition) is 1. The highest BCUT2D eigenvalue weighted by Crippen LogP contribution is 2.29. The number of carbonyl (C=O) groups excluding carboxylic acids is 1. The van der Waals surface area contributed by atoms with Crippen LogP contribution in [0.25, 0.3) is 11.0 Å². The minimum atomic E-state index is -0.481. The lowest BCUT2D eigenvalue weighted by Crippen LogP contribution is -2.30. The number of aromatic nitrogens is 4. The number of ether oxygens (including phenoxy) is 1. The highest BCUT2D eigenvalue weighted by Gasteiger charge is 2.23. The van der Waals surface area contributed by atoms with Crippen LogP contribution in [-0.4, -0.2) is 32.0 Å². The Labute approximate surface area is 176 Å². The zero-order valence-corrected chi connectivity index (χ0v) is 17.3. The van der Waals surface area contributed by atoms with E-state index in [9.17, 15) is 4.79 Å². The van der Waals surface area contributed by atoms with Crippen molar-refractivity contribution in [2.24, 2.45) is 7.05 Å². The molecule has 3 heterocycles. The number of nitrogens with one attached hydrogen (secondary N) is 1. The number of nitrogens with zero attached hydrogens (tertiary/aromatic N) is 4. The molecule has 1 atom stereocenters. The molecule has 0 saturated heterocycles. The fourth-order valence-corrected chi connectivity index (χ4v) is 4.12. The van der Waals surface area contributed by atoms with Crippen LogP contribution in [-0.2, 0) is 11.8 Å². The van der Waals surface area contributed by atoms with E-state index in [0.717, 1.165) is 10.5 Å². The van der Waals surface area contributed by atoms with Crippen molar-refractivity contribution in [3.8, 4) is 5.75 Å². The lowest BCUT2D eigenvalue weighted by molar-refractivity contribution is -0.117. The van der Waals surface area contributed by atoms with Gasteiger partial charge in [-0.25, -0.2) is 9.97 Å². The second kappa shape index (κ2) is 8.10. The standard InChI is InChI=1S/C20H18ClN5O2S/c1-25-10-9-22-19(25)17(13-5-3-4-6-15(13)28-2)23-16(27)8-7-14-18(21)24-20-26(14)11-12-29-20/h3-12,17H,1-2H3,(H,23,27)/b8-7+. The van der Waals surface area contributed by atoms with Gasteiger partial charge in [0.1, 0.15) is 17.6 Å². The molecule has 1 aromatic carbocycles. The van der Waals surface area contributed by atoms with Gasteiger partial charge in [-0.3, -0.25) is 9.20 Å². The van der Waals surface area contributed by atoms with E-state index in [-0.39, 0.29) is 5.91 Å². The molecular formula is C20H18ClN5O2S. The van der Waals surface area contributed by atoms with Gasteiger partial charge in [0.05, 0.1) is 12.8 Å².